The van der Waals surface area contributed by atoms with Crippen molar-refractivity contribution in [2.45, 2.75) is 36.6 Å². The van der Waals surface area contributed by atoms with Crippen LogP contribution in [0.5, 0.6) is 0 Å². The topological polar surface area (TPSA) is 69.7 Å². The van der Waals surface area contributed by atoms with Gasteiger partial charge >= 0.3 is 0 Å². The molecule has 0 saturated carbocycles. The highest BCUT2D eigenvalue weighted by Crippen LogP contribution is 2.37. The lowest BCUT2D eigenvalue weighted by Gasteiger charge is -2.26. The third-order valence-electron chi connectivity index (χ3n) is 7.03. The van der Waals surface area contributed by atoms with Gasteiger partial charge < -0.3 is 10.2 Å². The summed E-state index contributed by atoms with van der Waals surface area (Å²) in [7, 11) is -4.03. The number of nitrogens with one attached hydrogen (secondary N) is 1. The van der Waals surface area contributed by atoms with Gasteiger partial charge in [0, 0.05) is 18.5 Å². The number of benzene rings is 3. The minimum Gasteiger partial charge on any atom is -0.354 e. The van der Waals surface area contributed by atoms with Crippen LogP contribution < -0.4 is 9.62 Å². The van der Waals surface area contributed by atoms with E-state index in [2.05, 4.69) is 10.2 Å². The number of rotatable bonds is 8. The van der Waals surface area contributed by atoms with Crippen LogP contribution in [0.3, 0.4) is 0 Å². The third-order valence-corrected chi connectivity index (χ3v) is 9.18. The van der Waals surface area contributed by atoms with Crippen molar-refractivity contribution in [2.24, 2.45) is 0 Å². The van der Waals surface area contributed by atoms with Crippen molar-refractivity contribution < 1.29 is 17.6 Å². The van der Waals surface area contributed by atoms with Crippen molar-refractivity contribution in [3.05, 3.63) is 83.1 Å². The zero-order valence-corrected chi connectivity index (χ0v) is 21.9. The van der Waals surface area contributed by atoms with E-state index in [1.807, 2.05) is 12.1 Å². The van der Waals surface area contributed by atoms with E-state index in [1.165, 1.54) is 41.4 Å². The lowest BCUT2D eigenvalue weighted by molar-refractivity contribution is -0.122. The molecule has 0 radical (unpaired) electrons. The van der Waals surface area contributed by atoms with E-state index in [0.29, 0.717) is 29.8 Å². The number of halogens is 2. The summed E-state index contributed by atoms with van der Waals surface area (Å²) in [6, 6.07) is 16.7. The molecule has 9 heteroatoms. The molecule has 0 aromatic heterocycles. The number of hydrogen-bond donors (Lipinski definition) is 1. The molecule has 3 aromatic carbocycles. The minimum atomic E-state index is -4.03. The number of anilines is 1. The van der Waals surface area contributed by atoms with Gasteiger partial charge in [-0.2, -0.15) is 0 Å². The lowest BCUT2D eigenvalue weighted by atomic mass is 10.1. The number of fused-ring (bicyclic) bond motifs is 1. The zero-order valence-electron chi connectivity index (χ0n) is 20.4. The number of hydrogen-bond acceptors (Lipinski definition) is 4. The summed E-state index contributed by atoms with van der Waals surface area (Å²) >= 11 is 6.18. The van der Waals surface area contributed by atoms with E-state index in [-0.39, 0.29) is 15.8 Å². The van der Waals surface area contributed by atoms with E-state index >= 15 is 0 Å². The van der Waals surface area contributed by atoms with Gasteiger partial charge in [0.05, 0.1) is 15.6 Å². The normalized spacial score (nSPS) is 17.7. The standard InChI is InChI=1S/C28H29ClFN3O3S/c29-25-19-22(30)10-13-24(25)20-8-11-23(12-9-20)37(35,36)33-26-7-2-1-6-21(26)18-27(33)28(34)31-14-5-17-32-15-3-4-16-32/h1-2,6-13,19,27H,3-5,14-18H2,(H,31,34)/t27-/m0/s1. The largest absolute Gasteiger partial charge is 0.354 e. The van der Waals surface area contributed by atoms with E-state index in [1.54, 1.807) is 30.3 Å². The smallest absolute Gasteiger partial charge is 0.265 e. The molecule has 37 heavy (non-hydrogen) atoms. The first kappa shape index (κ1) is 25.7. The molecule has 2 aliphatic rings. The fourth-order valence-electron chi connectivity index (χ4n) is 5.14. The summed E-state index contributed by atoms with van der Waals surface area (Å²) in [5.74, 6) is -0.739. The van der Waals surface area contributed by atoms with Gasteiger partial charge in [-0.3, -0.25) is 9.10 Å². The maximum atomic E-state index is 13.8. The maximum Gasteiger partial charge on any atom is 0.265 e. The Kier molecular flexibility index (Phi) is 7.51. The van der Waals surface area contributed by atoms with Crippen LogP contribution in [0.15, 0.2) is 71.6 Å². The molecule has 6 nitrogen and oxygen atoms in total. The highest BCUT2D eigenvalue weighted by molar-refractivity contribution is 7.93. The molecule has 0 bridgehead atoms. The van der Waals surface area contributed by atoms with Crippen LogP contribution >= 0.6 is 11.6 Å². The Morgan fingerprint density at radius 3 is 2.49 bits per heavy atom. The molecule has 0 spiro atoms. The zero-order chi connectivity index (χ0) is 26.0. The maximum absolute atomic E-state index is 13.8. The first-order chi connectivity index (χ1) is 17.8. The Bertz CT molecular complexity index is 1390. The number of likely N-dealkylation sites (tertiary alicyclic amines) is 1. The molecule has 1 N–H and O–H groups in total. The average molecular weight is 542 g/mol. The number of sulfonamides is 1. The minimum absolute atomic E-state index is 0.0676. The van der Waals surface area contributed by atoms with Crippen LogP contribution in [-0.4, -0.2) is 51.4 Å². The van der Waals surface area contributed by atoms with Gasteiger partial charge in [-0.1, -0.05) is 41.9 Å². The number of carbonyl (C=O) groups is 1. The predicted molar refractivity (Wildman–Crippen MR) is 144 cm³/mol. The van der Waals surface area contributed by atoms with Crippen molar-refractivity contribution in [2.75, 3.05) is 30.5 Å². The van der Waals surface area contributed by atoms with Crippen LogP contribution in [0.4, 0.5) is 10.1 Å². The van der Waals surface area contributed by atoms with Gasteiger partial charge in [-0.15, -0.1) is 0 Å². The van der Waals surface area contributed by atoms with Crippen molar-refractivity contribution in [3.63, 3.8) is 0 Å². The highest BCUT2D eigenvalue weighted by Gasteiger charge is 2.42. The Hall–Kier alpha value is -2.94. The first-order valence-electron chi connectivity index (χ1n) is 12.5. The van der Waals surface area contributed by atoms with Gasteiger partial charge in [-0.25, -0.2) is 12.8 Å². The second-order valence-corrected chi connectivity index (χ2v) is 11.7. The van der Waals surface area contributed by atoms with Crippen LogP contribution in [0, 0.1) is 5.82 Å². The SMILES string of the molecule is O=C(NCCCN1CCCC1)[C@@H]1Cc2ccccc2N1S(=O)(=O)c1ccc(-c2ccc(F)cc2Cl)cc1. The number of amides is 1. The molecule has 2 aliphatic heterocycles. The van der Waals surface area contributed by atoms with Crippen molar-refractivity contribution in [3.8, 4) is 11.1 Å². The van der Waals surface area contributed by atoms with Crippen molar-refractivity contribution in [1.82, 2.24) is 10.2 Å². The van der Waals surface area contributed by atoms with Crippen LogP contribution in [0.25, 0.3) is 11.1 Å². The molecule has 1 fully saturated rings. The molecule has 1 atom stereocenters. The van der Waals surface area contributed by atoms with Gasteiger partial charge in [-0.05, 0) is 86.4 Å². The molecule has 1 saturated heterocycles. The second-order valence-electron chi connectivity index (χ2n) is 9.49. The molecule has 3 aromatic rings. The summed E-state index contributed by atoms with van der Waals surface area (Å²) in [5, 5.41) is 3.20. The monoisotopic (exact) mass is 541 g/mol. The first-order valence-corrected chi connectivity index (χ1v) is 14.3. The van der Waals surface area contributed by atoms with E-state index in [0.717, 1.165) is 31.6 Å². The van der Waals surface area contributed by atoms with Gasteiger partial charge in [0.25, 0.3) is 10.0 Å². The Balaban J connectivity index is 1.36. The molecular formula is C28H29ClFN3O3S. The van der Waals surface area contributed by atoms with Crippen LogP contribution in [0.2, 0.25) is 5.02 Å². The second kappa shape index (κ2) is 10.8. The molecule has 1 amide bonds. The molecule has 0 unspecified atom stereocenters. The van der Waals surface area contributed by atoms with Gasteiger partial charge in [0.2, 0.25) is 5.91 Å². The Morgan fingerprint density at radius 2 is 1.76 bits per heavy atom. The fraction of sp³-hybridized carbons (Fsp3) is 0.321. The van der Waals surface area contributed by atoms with Crippen molar-refractivity contribution >= 4 is 33.2 Å². The Labute approximate surface area is 222 Å². The van der Waals surface area contributed by atoms with E-state index < -0.39 is 21.9 Å². The summed E-state index contributed by atoms with van der Waals surface area (Å²) in [6.45, 7) is 3.63. The molecule has 5 rings (SSSR count). The molecular weight excluding hydrogens is 513 g/mol. The molecule has 2 heterocycles. The summed E-state index contributed by atoms with van der Waals surface area (Å²) in [5.41, 5.74) is 2.60. The van der Waals surface area contributed by atoms with Gasteiger partial charge in [0.15, 0.2) is 0 Å². The quantitative estimate of drug-likeness (QED) is 0.413. The lowest BCUT2D eigenvalue weighted by Crippen LogP contribution is -2.48. The summed E-state index contributed by atoms with van der Waals surface area (Å²) in [6.07, 6.45) is 3.58. The van der Waals surface area contributed by atoms with Crippen LogP contribution in [0.1, 0.15) is 24.8 Å². The summed E-state index contributed by atoms with van der Waals surface area (Å²) < 4.78 is 42.4. The molecule has 0 aliphatic carbocycles. The van der Waals surface area contributed by atoms with Gasteiger partial charge in [0.1, 0.15) is 11.9 Å². The van der Waals surface area contributed by atoms with Crippen LogP contribution in [-0.2, 0) is 21.2 Å². The van der Waals surface area contributed by atoms with Crippen molar-refractivity contribution in [1.29, 1.82) is 0 Å². The molecule has 194 valence electrons. The Morgan fingerprint density at radius 1 is 1.03 bits per heavy atom. The summed E-state index contributed by atoms with van der Waals surface area (Å²) in [4.78, 5) is 15.7. The number of nitrogens with zero attached hydrogens (tertiary/aromatic N) is 2. The van der Waals surface area contributed by atoms with E-state index in [9.17, 15) is 17.6 Å². The van der Waals surface area contributed by atoms with E-state index in [4.69, 9.17) is 11.6 Å². The number of carbonyl (C=O) groups excluding carboxylic acids is 1. The number of para-hydroxylation sites is 1. The average Bonchev–Trinajstić information content (AvgIpc) is 3.55. The highest BCUT2D eigenvalue weighted by atomic mass is 35.5. The fourth-order valence-corrected chi connectivity index (χ4v) is 7.06. The third kappa shape index (κ3) is 5.37. The predicted octanol–water partition coefficient (Wildman–Crippen LogP) is 4.87.